The third kappa shape index (κ3) is 4.58. The summed E-state index contributed by atoms with van der Waals surface area (Å²) in [6.07, 6.45) is 0. The van der Waals surface area contributed by atoms with Gasteiger partial charge in [-0.05, 0) is 78.5 Å². The van der Waals surface area contributed by atoms with Gasteiger partial charge in [-0.2, -0.15) is 0 Å². The van der Waals surface area contributed by atoms with Crippen LogP contribution in [0.4, 0.5) is 0 Å². The van der Waals surface area contributed by atoms with Gasteiger partial charge >= 0.3 is 21.4 Å². The minimum absolute atomic E-state index is 0.576. The van der Waals surface area contributed by atoms with Gasteiger partial charge in [0.2, 0.25) is 0 Å². The highest BCUT2D eigenvalue weighted by molar-refractivity contribution is 6.87. The van der Waals surface area contributed by atoms with Crippen LogP contribution in [-0.2, 0) is 13.7 Å². The molecule has 162 valence electrons. The molecule has 8 heteroatoms. The molecule has 0 amide bonds. The van der Waals surface area contributed by atoms with Gasteiger partial charge in [-0.25, -0.2) is 0 Å². The highest BCUT2D eigenvalue weighted by Gasteiger charge is 2.43. The number of methoxy groups -OCH3 is 2. The molecular weight excluding hydrogens is 401 g/mol. The van der Waals surface area contributed by atoms with Crippen molar-refractivity contribution in [3.8, 4) is 11.5 Å². The van der Waals surface area contributed by atoms with Crippen LogP contribution >= 0.6 is 0 Å². The van der Waals surface area contributed by atoms with Crippen LogP contribution in [0.5, 0.6) is 11.5 Å². The van der Waals surface area contributed by atoms with E-state index in [1.54, 1.807) is 14.2 Å². The minimum atomic E-state index is -0.614. The maximum Gasteiger partial charge on any atom is 0.467 e. The summed E-state index contributed by atoms with van der Waals surface area (Å²) in [6, 6.07) is 18.1. The second kappa shape index (κ2) is 9.45. The third-order valence-electron chi connectivity index (χ3n) is 5.94. The van der Waals surface area contributed by atoms with Gasteiger partial charge in [0.1, 0.15) is 11.5 Å². The molecule has 0 radical (unpaired) electrons. The van der Waals surface area contributed by atoms with Gasteiger partial charge in [-0.15, -0.1) is 0 Å². The van der Waals surface area contributed by atoms with Crippen LogP contribution in [0, 0.1) is 27.7 Å². The van der Waals surface area contributed by atoms with Gasteiger partial charge < -0.3 is 23.2 Å². The molecule has 1 aliphatic heterocycles. The molecule has 32 heavy (non-hydrogen) atoms. The van der Waals surface area contributed by atoms with Crippen LogP contribution in [0.2, 0.25) is 0 Å². The Morgan fingerprint density at radius 1 is 0.500 bits per heavy atom. The first kappa shape index (κ1) is 22.5. The van der Waals surface area contributed by atoms with Crippen molar-refractivity contribution in [2.24, 2.45) is 0 Å². The van der Waals surface area contributed by atoms with Crippen LogP contribution < -0.4 is 25.9 Å². The zero-order valence-electron chi connectivity index (χ0n) is 19.5. The van der Waals surface area contributed by atoms with Crippen LogP contribution in [0.1, 0.15) is 22.3 Å². The highest BCUT2D eigenvalue weighted by atomic mass is 16.7. The Kier molecular flexibility index (Phi) is 6.65. The van der Waals surface area contributed by atoms with E-state index < -0.39 is 21.4 Å². The molecule has 1 aliphatic rings. The summed E-state index contributed by atoms with van der Waals surface area (Å²) in [6.45, 7) is 8.19. The van der Waals surface area contributed by atoms with E-state index in [1.807, 2.05) is 56.3 Å². The van der Waals surface area contributed by atoms with Gasteiger partial charge in [0, 0.05) is 0 Å². The molecule has 1 fully saturated rings. The Bertz CT molecular complexity index is 1120. The largest absolute Gasteiger partial charge is 0.497 e. The van der Waals surface area contributed by atoms with Crippen LogP contribution in [-0.4, -0.2) is 35.6 Å². The Morgan fingerprint density at radius 3 is 1.47 bits per heavy atom. The summed E-state index contributed by atoms with van der Waals surface area (Å²) >= 11 is 0. The smallest absolute Gasteiger partial charge is 0.467 e. The fourth-order valence-electron chi connectivity index (χ4n) is 3.85. The second-order valence-electron chi connectivity index (χ2n) is 8.21. The molecule has 0 aromatic heterocycles. The van der Waals surface area contributed by atoms with E-state index in [0.717, 1.165) is 39.0 Å². The Morgan fingerprint density at radius 2 is 0.969 bits per heavy atom. The van der Waals surface area contributed by atoms with Crippen molar-refractivity contribution in [2.75, 3.05) is 14.2 Å². The normalized spacial score (nSPS) is 14.0. The maximum absolute atomic E-state index is 6.30. The van der Waals surface area contributed by atoms with Crippen molar-refractivity contribution >= 4 is 37.7 Å². The number of ether oxygens (including phenoxy) is 2. The van der Waals surface area contributed by atoms with Crippen molar-refractivity contribution in [2.45, 2.75) is 27.7 Å². The topological polar surface area (TPSA) is 46.2 Å². The minimum Gasteiger partial charge on any atom is -0.497 e. The summed E-state index contributed by atoms with van der Waals surface area (Å²) in [5.74, 6) is 1.62. The SMILES string of the molecule is COc1ccc(B2OB(c3ccc(C)c(C)c3)OB(c3ccc(C)c(OC)c3)O2)cc1C. The number of hydrogen-bond donors (Lipinski definition) is 0. The van der Waals surface area contributed by atoms with Gasteiger partial charge in [0.05, 0.1) is 14.2 Å². The van der Waals surface area contributed by atoms with Crippen molar-refractivity contribution in [1.29, 1.82) is 0 Å². The van der Waals surface area contributed by atoms with Crippen LogP contribution in [0.3, 0.4) is 0 Å². The lowest BCUT2D eigenvalue weighted by Gasteiger charge is -2.32. The molecule has 5 nitrogen and oxygen atoms in total. The molecule has 3 aromatic rings. The fraction of sp³-hybridized carbons (Fsp3) is 0.250. The van der Waals surface area contributed by atoms with E-state index in [0.29, 0.717) is 0 Å². The summed E-state index contributed by atoms with van der Waals surface area (Å²) in [4.78, 5) is 0. The monoisotopic (exact) mass is 428 g/mol. The Balaban J connectivity index is 1.72. The molecule has 0 bridgehead atoms. The fourth-order valence-corrected chi connectivity index (χ4v) is 3.85. The number of benzene rings is 3. The first-order valence-corrected chi connectivity index (χ1v) is 10.7. The Hall–Kier alpha value is -2.67. The molecule has 3 aromatic carbocycles. The van der Waals surface area contributed by atoms with Gasteiger partial charge in [0.25, 0.3) is 0 Å². The van der Waals surface area contributed by atoms with E-state index in [2.05, 4.69) is 26.0 Å². The van der Waals surface area contributed by atoms with Gasteiger partial charge in [0.15, 0.2) is 0 Å². The van der Waals surface area contributed by atoms with Crippen molar-refractivity contribution in [1.82, 2.24) is 0 Å². The number of rotatable bonds is 5. The van der Waals surface area contributed by atoms with Crippen LogP contribution in [0.25, 0.3) is 0 Å². The molecule has 1 heterocycles. The van der Waals surface area contributed by atoms with E-state index >= 15 is 0 Å². The van der Waals surface area contributed by atoms with Crippen molar-refractivity contribution in [3.63, 3.8) is 0 Å². The quantitative estimate of drug-likeness (QED) is 0.585. The van der Waals surface area contributed by atoms with Gasteiger partial charge in [-0.3, -0.25) is 0 Å². The summed E-state index contributed by atoms with van der Waals surface area (Å²) in [5, 5.41) is 0. The van der Waals surface area contributed by atoms with Crippen LogP contribution in [0.15, 0.2) is 54.6 Å². The van der Waals surface area contributed by atoms with E-state index in [1.165, 1.54) is 11.1 Å². The van der Waals surface area contributed by atoms with Gasteiger partial charge in [-0.1, -0.05) is 42.5 Å². The number of hydrogen-bond acceptors (Lipinski definition) is 5. The molecule has 0 atom stereocenters. The van der Waals surface area contributed by atoms with E-state index in [-0.39, 0.29) is 0 Å². The standard InChI is InChI=1S/C24H27B3O5/c1-16-7-9-20(13-18(16)3)25-30-26(21-11-12-23(28-5)19(4)14-21)32-27(31-25)22-10-8-17(2)24(15-22)29-6/h7-15H,1-6H3. The molecule has 0 spiro atoms. The summed E-state index contributed by atoms with van der Waals surface area (Å²) in [7, 11) is 1.54. The first-order chi connectivity index (χ1) is 15.4. The summed E-state index contributed by atoms with van der Waals surface area (Å²) in [5.41, 5.74) is 7.21. The van der Waals surface area contributed by atoms with Crippen molar-refractivity contribution < 1.29 is 23.2 Å². The summed E-state index contributed by atoms with van der Waals surface area (Å²) < 4.78 is 29.8. The Labute approximate surface area is 191 Å². The van der Waals surface area contributed by atoms with Crippen molar-refractivity contribution in [3.05, 3.63) is 76.9 Å². The third-order valence-corrected chi connectivity index (χ3v) is 5.94. The lowest BCUT2D eigenvalue weighted by atomic mass is 9.61. The second-order valence-corrected chi connectivity index (χ2v) is 8.21. The zero-order chi connectivity index (χ0) is 22.8. The lowest BCUT2D eigenvalue weighted by molar-refractivity contribution is 0.308. The predicted octanol–water partition coefficient (Wildman–Crippen LogP) is 2.49. The lowest BCUT2D eigenvalue weighted by Crippen LogP contribution is -2.61. The average Bonchev–Trinajstić information content (AvgIpc) is 2.80. The number of aryl methyl sites for hydroxylation is 4. The maximum atomic E-state index is 6.30. The molecule has 0 unspecified atom stereocenters. The molecule has 0 aliphatic carbocycles. The zero-order valence-corrected chi connectivity index (χ0v) is 19.5. The molecule has 1 saturated heterocycles. The van der Waals surface area contributed by atoms with E-state index in [9.17, 15) is 0 Å². The molecule has 0 saturated carbocycles. The molecular formula is C24H27B3O5. The molecule has 4 rings (SSSR count). The highest BCUT2D eigenvalue weighted by Crippen LogP contribution is 2.19. The average molecular weight is 428 g/mol. The molecule has 0 N–H and O–H groups in total. The first-order valence-electron chi connectivity index (χ1n) is 10.7. The predicted molar refractivity (Wildman–Crippen MR) is 131 cm³/mol. The van der Waals surface area contributed by atoms with E-state index in [4.69, 9.17) is 23.2 Å².